The maximum atomic E-state index is 11.7. The zero-order valence-electron chi connectivity index (χ0n) is 11.4. The average Bonchev–Trinajstić information content (AvgIpc) is 2.72. The SMILES string of the molecule is COC(=O)CCC1(Sc2ccccc2)C=C(C)C(=O)O1. The summed E-state index contributed by atoms with van der Waals surface area (Å²) in [4.78, 5) is 23.2. The van der Waals surface area contributed by atoms with Crippen molar-refractivity contribution in [2.75, 3.05) is 7.11 Å². The Balaban J connectivity index is 2.17. The Kier molecular flexibility index (Phi) is 4.49. The largest absolute Gasteiger partial charge is 0.469 e. The van der Waals surface area contributed by atoms with Crippen molar-refractivity contribution in [3.05, 3.63) is 42.0 Å². The van der Waals surface area contributed by atoms with Crippen molar-refractivity contribution in [1.29, 1.82) is 0 Å². The molecular formula is C15H16O4S. The fourth-order valence-corrected chi connectivity index (χ4v) is 3.20. The number of rotatable bonds is 5. The van der Waals surface area contributed by atoms with Gasteiger partial charge in [0.1, 0.15) is 0 Å². The molecule has 1 unspecified atom stereocenters. The second-order valence-corrected chi connectivity index (χ2v) is 5.89. The van der Waals surface area contributed by atoms with Crippen molar-refractivity contribution in [3.63, 3.8) is 0 Å². The van der Waals surface area contributed by atoms with Gasteiger partial charge in [-0.2, -0.15) is 0 Å². The quantitative estimate of drug-likeness (QED) is 0.781. The van der Waals surface area contributed by atoms with Crippen molar-refractivity contribution < 1.29 is 19.1 Å². The minimum atomic E-state index is -0.823. The first-order chi connectivity index (χ1) is 9.54. The Morgan fingerprint density at radius 3 is 2.60 bits per heavy atom. The second-order valence-electron chi connectivity index (χ2n) is 4.52. The number of esters is 2. The lowest BCUT2D eigenvalue weighted by atomic mass is 10.1. The first-order valence-electron chi connectivity index (χ1n) is 6.28. The van der Waals surface area contributed by atoms with E-state index in [0.29, 0.717) is 12.0 Å². The molecule has 0 saturated heterocycles. The first kappa shape index (κ1) is 14.7. The molecule has 0 bridgehead atoms. The van der Waals surface area contributed by atoms with E-state index in [0.717, 1.165) is 4.90 Å². The molecule has 0 aromatic heterocycles. The third-order valence-electron chi connectivity index (χ3n) is 2.96. The van der Waals surface area contributed by atoms with Crippen LogP contribution in [0.15, 0.2) is 46.9 Å². The predicted octanol–water partition coefficient (Wildman–Crippen LogP) is 2.93. The second kappa shape index (κ2) is 6.13. The van der Waals surface area contributed by atoms with Crippen molar-refractivity contribution in [2.24, 2.45) is 0 Å². The molecule has 0 amide bonds. The summed E-state index contributed by atoms with van der Waals surface area (Å²) in [6.45, 7) is 1.72. The zero-order chi connectivity index (χ0) is 14.6. The van der Waals surface area contributed by atoms with Gasteiger partial charge >= 0.3 is 11.9 Å². The summed E-state index contributed by atoms with van der Waals surface area (Å²) in [5.74, 6) is -0.648. The summed E-state index contributed by atoms with van der Waals surface area (Å²) in [6.07, 6.45) is 2.38. The maximum absolute atomic E-state index is 11.7. The molecular weight excluding hydrogens is 276 g/mol. The number of carbonyl (C=O) groups excluding carboxylic acids is 2. The Labute approximate surface area is 122 Å². The van der Waals surface area contributed by atoms with Crippen LogP contribution in [0.2, 0.25) is 0 Å². The Bertz CT molecular complexity index is 538. The molecule has 1 aliphatic heterocycles. The molecule has 1 heterocycles. The molecule has 106 valence electrons. The molecule has 1 aromatic rings. The molecule has 4 nitrogen and oxygen atoms in total. The monoisotopic (exact) mass is 292 g/mol. The van der Waals surface area contributed by atoms with Gasteiger partial charge in [-0.15, -0.1) is 0 Å². The number of hydrogen-bond donors (Lipinski definition) is 0. The highest BCUT2D eigenvalue weighted by Crippen LogP contribution is 2.43. The van der Waals surface area contributed by atoms with Crippen LogP contribution in [-0.2, 0) is 19.1 Å². The van der Waals surface area contributed by atoms with Crippen molar-refractivity contribution in [3.8, 4) is 0 Å². The Morgan fingerprint density at radius 2 is 2.05 bits per heavy atom. The van der Waals surface area contributed by atoms with Gasteiger partial charge in [0.05, 0.1) is 13.5 Å². The fourth-order valence-electron chi connectivity index (χ4n) is 1.95. The van der Waals surface area contributed by atoms with Crippen LogP contribution in [0.4, 0.5) is 0 Å². The zero-order valence-corrected chi connectivity index (χ0v) is 12.2. The summed E-state index contributed by atoms with van der Waals surface area (Å²) < 4.78 is 10.1. The lowest BCUT2D eigenvalue weighted by Gasteiger charge is -2.25. The van der Waals surface area contributed by atoms with E-state index < -0.39 is 4.93 Å². The van der Waals surface area contributed by atoms with Crippen LogP contribution in [0.1, 0.15) is 19.8 Å². The number of thioether (sulfide) groups is 1. The molecule has 0 N–H and O–H groups in total. The molecule has 5 heteroatoms. The maximum Gasteiger partial charge on any atom is 0.335 e. The molecule has 0 saturated carbocycles. The van der Waals surface area contributed by atoms with E-state index in [1.807, 2.05) is 30.3 Å². The van der Waals surface area contributed by atoms with Crippen LogP contribution >= 0.6 is 11.8 Å². The minimum Gasteiger partial charge on any atom is -0.469 e. The minimum absolute atomic E-state index is 0.202. The highest BCUT2D eigenvalue weighted by Gasteiger charge is 2.40. The molecule has 1 aliphatic rings. The van der Waals surface area contributed by atoms with E-state index >= 15 is 0 Å². The Hall–Kier alpha value is -1.75. The third kappa shape index (κ3) is 3.42. The van der Waals surface area contributed by atoms with Crippen LogP contribution in [0, 0.1) is 0 Å². The van der Waals surface area contributed by atoms with Gasteiger partial charge in [0.25, 0.3) is 0 Å². The molecule has 1 aromatic carbocycles. The van der Waals surface area contributed by atoms with Crippen LogP contribution in [0.3, 0.4) is 0 Å². The highest BCUT2D eigenvalue weighted by atomic mass is 32.2. The van der Waals surface area contributed by atoms with Crippen LogP contribution in [0.25, 0.3) is 0 Å². The molecule has 2 rings (SSSR count). The summed E-state index contributed by atoms with van der Waals surface area (Å²) in [7, 11) is 1.35. The van der Waals surface area contributed by atoms with E-state index in [1.54, 1.807) is 13.0 Å². The summed E-state index contributed by atoms with van der Waals surface area (Å²) >= 11 is 1.43. The van der Waals surface area contributed by atoms with E-state index in [4.69, 9.17) is 4.74 Å². The third-order valence-corrected chi connectivity index (χ3v) is 4.22. The average molecular weight is 292 g/mol. The summed E-state index contributed by atoms with van der Waals surface area (Å²) in [5.41, 5.74) is 0.568. The number of ether oxygens (including phenoxy) is 2. The van der Waals surface area contributed by atoms with E-state index in [1.165, 1.54) is 18.9 Å². The lowest BCUT2D eigenvalue weighted by Crippen LogP contribution is -2.25. The highest BCUT2D eigenvalue weighted by molar-refractivity contribution is 8.00. The topological polar surface area (TPSA) is 52.6 Å². The molecule has 0 fully saturated rings. The summed E-state index contributed by atoms with van der Waals surface area (Å²) in [5, 5.41) is 0. The normalized spacial score (nSPS) is 21.3. The molecule has 0 spiro atoms. The number of methoxy groups -OCH3 is 1. The smallest absolute Gasteiger partial charge is 0.335 e. The predicted molar refractivity (Wildman–Crippen MR) is 76.1 cm³/mol. The van der Waals surface area contributed by atoms with Gasteiger partial charge in [-0.3, -0.25) is 4.79 Å². The first-order valence-corrected chi connectivity index (χ1v) is 7.10. The van der Waals surface area contributed by atoms with Gasteiger partial charge in [0, 0.05) is 16.9 Å². The number of benzene rings is 1. The van der Waals surface area contributed by atoms with Gasteiger partial charge in [0.15, 0.2) is 4.93 Å². The van der Waals surface area contributed by atoms with E-state index in [9.17, 15) is 9.59 Å². The van der Waals surface area contributed by atoms with Crippen LogP contribution in [0.5, 0.6) is 0 Å². The van der Waals surface area contributed by atoms with Crippen molar-refractivity contribution in [1.82, 2.24) is 0 Å². The standard InChI is InChI=1S/C15H16O4S/c1-11-10-15(19-14(11)17,9-8-13(16)18-2)20-12-6-4-3-5-7-12/h3-7,10H,8-9H2,1-2H3. The molecule has 20 heavy (non-hydrogen) atoms. The van der Waals surface area contributed by atoms with E-state index in [2.05, 4.69) is 4.74 Å². The van der Waals surface area contributed by atoms with Crippen LogP contribution < -0.4 is 0 Å². The van der Waals surface area contributed by atoms with Crippen LogP contribution in [-0.4, -0.2) is 24.0 Å². The van der Waals surface area contributed by atoms with Gasteiger partial charge in [-0.05, 0) is 25.1 Å². The molecule has 1 atom stereocenters. The Morgan fingerprint density at radius 1 is 1.35 bits per heavy atom. The van der Waals surface area contributed by atoms with Gasteiger partial charge in [-0.25, -0.2) is 4.79 Å². The number of carbonyl (C=O) groups is 2. The van der Waals surface area contributed by atoms with E-state index in [-0.39, 0.29) is 18.4 Å². The number of hydrogen-bond acceptors (Lipinski definition) is 5. The van der Waals surface area contributed by atoms with Gasteiger partial charge < -0.3 is 9.47 Å². The van der Waals surface area contributed by atoms with Gasteiger partial charge in [0.2, 0.25) is 0 Å². The molecule has 0 radical (unpaired) electrons. The number of cyclic esters (lactones) is 1. The van der Waals surface area contributed by atoms with Crippen molar-refractivity contribution >= 4 is 23.7 Å². The molecule has 0 aliphatic carbocycles. The lowest BCUT2D eigenvalue weighted by molar-refractivity contribution is -0.145. The summed E-state index contributed by atoms with van der Waals surface area (Å²) in [6, 6.07) is 9.65. The van der Waals surface area contributed by atoms with Crippen molar-refractivity contribution in [2.45, 2.75) is 29.6 Å². The fraction of sp³-hybridized carbons (Fsp3) is 0.333. The van der Waals surface area contributed by atoms with Gasteiger partial charge in [-0.1, -0.05) is 30.0 Å².